The van der Waals surface area contributed by atoms with E-state index in [1.54, 1.807) is 12.1 Å². The molecule has 1 aromatic heterocycles. The number of amides is 1. The van der Waals surface area contributed by atoms with Crippen molar-refractivity contribution in [2.75, 3.05) is 11.1 Å². The fourth-order valence-electron chi connectivity index (χ4n) is 2.43. The van der Waals surface area contributed by atoms with Crippen LogP contribution in [0.5, 0.6) is 0 Å². The van der Waals surface area contributed by atoms with Crippen molar-refractivity contribution >= 4 is 35.0 Å². The summed E-state index contributed by atoms with van der Waals surface area (Å²) < 4.78 is 5.59. The maximum absolute atomic E-state index is 12.2. The fourth-order valence-corrected chi connectivity index (χ4v) is 3.19. The molecule has 0 aliphatic heterocycles. The van der Waals surface area contributed by atoms with E-state index in [1.165, 1.54) is 11.8 Å². The van der Waals surface area contributed by atoms with Crippen molar-refractivity contribution in [2.24, 2.45) is 0 Å². The molecule has 0 aliphatic rings. The summed E-state index contributed by atoms with van der Waals surface area (Å²) in [5.74, 6) is 0.769. The topological polar surface area (TPSA) is 68.0 Å². The number of anilines is 1. The summed E-state index contributed by atoms with van der Waals surface area (Å²) in [5, 5.41) is 11.8. The van der Waals surface area contributed by atoms with E-state index in [2.05, 4.69) is 29.4 Å². The van der Waals surface area contributed by atoms with Gasteiger partial charge in [-0.2, -0.15) is 0 Å². The second kappa shape index (κ2) is 8.38. The molecule has 3 aromatic rings. The van der Waals surface area contributed by atoms with Crippen LogP contribution in [0.1, 0.15) is 25.3 Å². The Balaban J connectivity index is 1.61. The molecule has 1 heterocycles. The normalized spacial score (nSPS) is 10.9. The minimum atomic E-state index is -0.120. The summed E-state index contributed by atoms with van der Waals surface area (Å²) in [5.41, 5.74) is 2.68. The first-order valence-corrected chi connectivity index (χ1v) is 9.50. The third-order valence-corrected chi connectivity index (χ3v) is 4.72. The van der Waals surface area contributed by atoms with Crippen molar-refractivity contribution in [3.63, 3.8) is 0 Å². The molecule has 5 nitrogen and oxygen atoms in total. The lowest BCUT2D eigenvalue weighted by atomic mass is 10.0. The van der Waals surface area contributed by atoms with Gasteiger partial charge >= 0.3 is 0 Å². The quantitative estimate of drug-likeness (QED) is 0.585. The van der Waals surface area contributed by atoms with E-state index in [0.717, 1.165) is 16.8 Å². The number of hydrogen-bond donors (Lipinski definition) is 1. The van der Waals surface area contributed by atoms with Crippen LogP contribution in [0.3, 0.4) is 0 Å². The SMILES string of the molecule is CC(C)c1ccccc1NC(=O)CSc1nnc(-c2cccc(Cl)c2)o1. The van der Waals surface area contributed by atoms with Gasteiger partial charge in [-0.05, 0) is 35.7 Å². The third kappa shape index (κ3) is 4.65. The van der Waals surface area contributed by atoms with Crippen LogP contribution in [0, 0.1) is 0 Å². The Morgan fingerprint density at radius 1 is 1.19 bits per heavy atom. The van der Waals surface area contributed by atoms with Crippen molar-refractivity contribution in [1.29, 1.82) is 0 Å². The first-order valence-electron chi connectivity index (χ1n) is 8.14. The monoisotopic (exact) mass is 387 g/mol. The van der Waals surface area contributed by atoms with Crippen molar-refractivity contribution in [1.82, 2.24) is 10.2 Å². The summed E-state index contributed by atoms with van der Waals surface area (Å²) in [6.07, 6.45) is 0. The number of nitrogens with zero attached hydrogens (tertiary/aromatic N) is 2. The Morgan fingerprint density at radius 3 is 2.77 bits per heavy atom. The zero-order valence-electron chi connectivity index (χ0n) is 14.4. The van der Waals surface area contributed by atoms with Crippen LogP contribution in [-0.4, -0.2) is 21.9 Å². The summed E-state index contributed by atoms with van der Waals surface area (Å²) in [6, 6.07) is 15.0. The lowest BCUT2D eigenvalue weighted by molar-refractivity contribution is -0.113. The molecule has 0 atom stereocenters. The summed E-state index contributed by atoms with van der Waals surface area (Å²) in [4.78, 5) is 12.2. The predicted molar refractivity (Wildman–Crippen MR) is 105 cm³/mol. The van der Waals surface area contributed by atoms with Gasteiger partial charge in [0.15, 0.2) is 0 Å². The van der Waals surface area contributed by atoms with Crippen LogP contribution in [0.15, 0.2) is 58.2 Å². The number of nitrogens with one attached hydrogen (secondary N) is 1. The average molecular weight is 388 g/mol. The molecule has 1 N–H and O–H groups in total. The van der Waals surface area contributed by atoms with Gasteiger partial charge in [-0.25, -0.2) is 0 Å². The molecule has 2 aromatic carbocycles. The van der Waals surface area contributed by atoms with Gasteiger partial charge in [0.1, 0.15) is 0 Å². The van der Waals surface area contributed by atoms with Crippen molar-refractivity contribution < 1.29 is 9.21 Å². The van der Waals surface area contributed by atoms with Crippen LogP contribution in [0.25, 0.3) is 11.5 Å². The zero-order chi connectivity index (χ0) is 18.5. The highest BCUT2D eigenvalue weighted by Gasteiger charge is 2.13. The number of aromatic nitrogens is 2. The number of benzene rings is 2. The largest absolute Gasteiger partial charge is 0.411 e. The van der Waals surface area contributed by atoms with Crippen LogP contribution in [0.2, 0.25) is 5.02 Å². The van der Waals surface area contributed by atoms with E-state index in [9.17, 15) is 4.79 Å². The van der Waals surface area contributed by atoms with Gasteiger partial charge in [0, 0.05) is 16.3 Å². The molecule has 3 rings (SSSR count). The molecule has 0 fully saturated rings. The Morgan fingerprint density at radius 2 is 2.00 bits per heavy atom. The summed E-state index contributed by atoms with van der Waals surface area (Å²) in [7, 11) is 0. The number of thioether (sulfide) groups is 1. The van der Waals surface area contributed by atoms with Crippen LogP contribution in [0.4, 0.5) is 5.69 Å². The number of para-hydroxylation sites is 1. The lowest BCUT2D eigenvalue weighted by Crippen LogP contribution is -2.15. The van der Waals surface area contributed by atoms with Gasteiger partial charge in [-0.15, -0.1) is 10.2 Å². The summed E-state index contributed by atoms with van der Waals surface area (Å²) >= 11 is 7.16. The molecule has 134 valence electrons. The standard InChI is InChI=1S/C19H18ClN3O2S/c1-12(2)15-8-3-4-9-16(15)21-17(24)11-26-19-23-22-18(25-19)13-6-5-7-14(20)10-13/h3-10,12H,11H2,1-2H3,(H,21,24). The van der Waals surface area contributed by atoms with E-state index < -0.39 is 0 Å². The first-order chi connectivity index (χ1) is 12.5. The molecular weight excluding hydrogens is 370 g/mol. The number of halogens is 1. The second-order valence-electron chi connectivity index (χ2n) is 5.96. The third-order valence-electron chi connectivity index (χ3n) is 3.66. The Labute approximate surface area is 161 Å². The number of carbonyl (C=O) groups excluding carboxylic acids is 1. The molecule has 26 heavy (non-hydrogen) atoms. The molecule has 0 bridgehead atoms. The molecule has 7 heteroatoms. The van der Waals surface area contributed by atoms with E-state index in [0.29, 0.717) is 22.1 Å². The number of carbonyl (C=O) groups is 1. The van der Waals surface area contributed by atoms with Crippen molar-refractivity contribution in [3.05, 3.63) is 59.1 Å². The number of rotatable bonds is 6. The maximum Gasteiger partial charge on any atom is 0.277 e. The van der Waals surface area contributed by atoms with Gasteiger partial charge in [0.2, 0.25) is 11.8 Å². The maximum atomic E-state index is 12.2. The zero-order valence-corrected chi connectivity index (χ0v) is 16.0. The van der Waals surface area contributed by atoms with Gasteiger partial charge in [-0.1, -0.05) is 61.5 Å². The van der Waals surface area contributed by atoms with E-state index in [4.69, 9.17) is 16.0 Å². The van der Waals surface area contributed by atoms with Crippen LogP contribution >= 0.6 is 23.4 Å². The minimum absolute atomic E-state index is 0.120. The Hall–Kier alpha value is -2.31. The smallest absolute Gasteiger partial charge is 0.277 e. The summed E-state index contributed by atoms with van der Waals surface area (Å²) in [6.45, 7) is 4.19. The molecule has 0 saturated heterocycles. The van der Waals surface area contributed by atoms with Gasteiger partial charge < -0.3 is 9.73 Å². The van der Waals surface area contributed by atoms with Gasteiger partial charge in [0.05, 0.1) is 5.75 Å². The van der Waals surface area contributed by atoms with E-state index in [1.807, 2.05) is 36.4 Å². The fraction of sp³-hybridized carbons (Fsp3) is 0.211. The van der Waals surface area contributed by atoms with Crippen LogP contribution in [-0.2, 0) is 4.79 Å². The molecular formula is C19H18ClN3O2S. The Bertz CT molecular complexity index is 911. The first kappa shape index (κ1) is 18.5. The van der Waals surface area contributed by atoms with Crippen molar-refractivity contribution in [3.8, 4) is 11.5 Å². The predicted octanol–water partition coefficient (Wildman–Crippen LogP) is 5.24. The highest BCUT2D eigenvalue weighted by molar-refractivity contribution is 7.99. The highest BCUT2D eigenvalue weighted by Crippen LogP contribution is 2.26. The highest BCUT2D eigenvalue weighted by atomic mass is 35.5. The molecule has 1 amide bonds. The molecule has 0 aliphatic carbocycles. The molecule has 0 unspecified atom stereocenters. The van der Waals surface area contributed by atoms with Crippen LogP contribution < -0.4 is 5.32 Å². The number of hydrogen-bond acceptors (Lipinski definition) is 5. The van der Waals surface area contributed by atoms with Gasteiger partial charge in [-0.3, -0.25) is 4.79 Å². The van der Waals surface area contributed by atoms with Crippen molar-refractivity contribution in [2.45, 2.75) is 25.0 Å². The molecule has 0 radical (unpaired) electrons. The molecule has 0 saturated carbocycles. The second-order valence-corrected chi connectivity index (χ2v) is 7.33. The van der Waals surface area contributed by atoms with E-state index >= 15 is 0 Å². The Kier molecular flexibility index (Phi) is 5.96. The van der Waals surface area contributed by atoms with Gasteiger partial charge in [0.25, 0.3) is 5.22 Å². The van der Waals surface area contributed by atoms with E-state index in [-0.39, 0.29) is 11.7 Å². The average Bonchev–Trinajstić information content (AvgIpc) is 3.09. The minimum Gasteiger partial charge on any atom is -0.411 e. The molecule has 0 spiro atoms. The lowest BCUT2D eigenvalue weighted by Gasteiger charge is -2.13.